The Morgan fingerprint density at radius 1 is 1.50 bits per heavy atom. The Labute approximate surface area is 118 Å². The van der Waals surface area contributed by atoms with Crippen LogP contribution in [0.1, 0.15) is 25.3 Å². The van der Waals surface area contributed by atoms with E-state index in [2.05, 4.69) is 4.98 Å². The van der Waals surface area contributed by atoms with Crippen molar-refractivity contribution in [3.8, 4) is 5.75 Å². The third kappa shape index (κ3) is 3.57. The van der Waals surface area contributed by atoms with Crippen LogP contribution < -0.4 is 0 Å². The number of carbonyl (C=O) groups excluding carboxylic acids is 1. The van der Waals surface area contributed by atoms with Gasteiger partial charge < -0.3 is 15.1 Å². The molecule has 2 unspecified atom stereocenters. The monoisotopic (exact) mass is 276 g/mol. The number of carbonyl (C=O) groups is 1. The van der Waals surface area contributed by atoms with E-state index in [-0.39, 0.29) is 30.2 Å². The van der Waals surface area contributed by atoms with Gasteiger partial charge in [-0.2, -0.15) is 0 Å². The molecule has 1 aromatic heterocycles. The highest BCUT2D eigenvalue weighted by Gasteiger charge is 2.27. The van der Waals surface area contributed by atoms with E-state index in [1.165, 1.54) is 12.3 Å². The van der Waals surface area contributed by atoms with Crippen LogP contribution in [-0.4, -0.2) is 45.2 Å². The Hall–Kier alpha value is -1.88. The van der Waals surface area contributed by atoms with Crippen LogP contribution >= 0.6 is 0 Å². The molecule has 0 radical (unpaired) electrons. The molecule has 2 atom stereocenters. The zero-order valence-electron chi connectivity index (χ0n) is 11.6. The molecule has 0 aromatic carbocycles. The van der Waals surface area contributed by atoms with Gasteiger partial charge in [-0.25, -0.2) is 0 Å². The Balaban J connectivity index is 2.03. The number of piperidine rings is 1. The van der Waals surface area contributed by atoms with Gasteiger partial charge in [0.1, 0.15) is 5.75 Å². The first-order valence-corrected chi connectivity index (χ1v) is 6.83. The molecule has 1 amide bonds. The average molecular weight is 276 g/mol. The van der Waals surface area contributed by atoms with Gasteiger partial charge in [0.15, 0.2) is 0 Å². The summed E-state index contributed by atoms with van der Waals surface area (Å²) >= 11 is 0. The lowest BCUT2D eigenvalue weighted by Gasteiger charge is -2.36. The molecule has 0 saturated carbocycles. The second-order valence-electron chi connectivity index (χ2n) is 5.28. The minimum atomic E-state index is -0.0704. The fraction of sp³-hybridized carbons (Fsp3) is 0.467. The van der Waals surface area contributed by atoms with E-state index >= 15 is 0 Å². The summed E-state index contributed by atoms with van der Waals surface area (Å²) in [5.74, 6) is 0.177. The van der Waals surface area contributed by atoms with Gasteiger partial charge in [-0.15, -0.1) is 0 Å². The highest BCUT2D eigenvalue weighted by molar-refractivity contribution is 5.92. The van der Waals surface area contributed by atoms with E-state index in [0.29, 0.717) is 12.1 Å². The van der Waals surface area contributed by atoms with Crippen molar-refractivity contribution in [2.24, 2.45) is 5.92 Å². The number of aliphatic hydroxyl groups excluding tert-OH is 1. The molecule has 0 aliphatic carbocycles. The summed E-state index contributed by atoms with van der Waals surface area (Å²) in [4.78, 5) is 17.8. The molecule has 0 spiro atoms. The molecular weight excluding hydrogens is 256 g/mol. The summed E-state index contributed by atoms with van der Waals surface area (Å²) in [5.41, 5.74) is 0.682. The third-order valence-electron chi connectivity index (χ3n) is 3.68. The molecule has 1 aromatic rings. The second-order valence-corrected chi connectivity index (χ2v) is 5.28. The number of pyridine rings is 1. The third-order valence-corrected chi connectivity index (χ3v) is 3.68. The smallest absolute Gasteiger partial charge is 0.246 e. The van der Waals surface area contributed by atoms with Crippen LogP contribution in [0.4, 0.5) is 0 Å². The number of hydrogen-bond acceptors (Lipinski definition) is 4. The summed E-state index contributed by atoms with van der Waals surface area (Å²) in [6.45, 7) is 2.74. The zero-order chi connectivity index (χ0) is 14.5. The standard InChI is InChI=1S/C15H20N2O3/c1-11-2-3-13(10-18)9-17(11)15(20)5-4-12-6-14(19)8-16-7-12/h4-8,11,13,18-19H,2-3,9-10H2,1H3/b5-4+. The fourth-order valence-corrected chi connectivity index (χ4v) is 2.44. The number of nitrogens with zero attached hydrogens (tertiary/aromatic N) is 2. The Morgan fingerprint density at radius 2 is 2.30 bits per heavy atom. The first-order valence-electron chi connectivity index (χ1n) is 6.83. The predicted octanol–water partition coefficient (Wildman–Crippen LogP) is 1.42. The Kier molecular flexibility index (Phi) is 4.74. The summed E-state index contributed by atoms with van der Waals surface area (Å²) in [6.07, 6.45) is 7.94. The second kappa shape index (κ2) is 6.52. The number of likely N-dealkylation sites (tertiary alicyclic amines) is 1. The van der Waals surface area contributed by atoms with Crippen molar-refractivity contribution in [2.75, 3.05) is 13.2 Å². The van der Waals surface area contributed by atoms with Crippen molar-refractivity contribution >= 4 is 12.0 Å². The molecular formula is C15H20N2O3. The first-order chi connectivity index (χ1) is 9.60. The Bertz CT molecular complexity index is 502. The van der Waals surface area contributed by atoms with E-state index in [0.717, 1.165) is 12.8 Å². The van der Waals surface area contributed by atoms with Gasteiger partial charge in [0, 0.05) is 31.5 Å². The van der Waals surface area contributed by atoms with Crippen LogP contribution in [0.3, 0.4) is 0 Å². The zero-order valence-corrected chi connectivity index (χ0v) is 11.6. The number of aromatic nitrogens is 1. The summed E-state index contributed by atoms with van der Waals surface area (Å²) in [7, 11) is 0. The van der Waals surface area contributed by atoms with Gasteiger partial charge >= 0.3 is 0 Å². The van der Waals surface area contributed by atoms with Crippen molar-refractivity contribution < 1.29 is 15.0 Å². The Morgan fingerprint density at radius 3 is 3.00 bits per heavy atom. The first kappa shape index (κ1) is 14.5. The molecule has 5 heteroatoms. The van der Waals surface area contributed by atoms with Gasteiger partial charge in [-0.1, -0.05) is 0 Å². The van der Waals surface area contributed by atoms with Gasteiger partial charge in [0.2, 0.25) is 5.91 Å². The van der Waals surface area contributed by atoms with Crippen molar-refractivity contribution in [1.82, 2.24) is 9.88 Å². The van der Waals surface area contributed by atoms with Gasteiger partial charge in [0.25, 0.3) is 0 Å². The predicted molar refractivity (Wildman–Crippen MR) is 75.9 cm³/mol. The lowest BCUT2D eigenvalue weighted by molar-refractivity contribution is -0.130. The van der Waals surface area contributed by atoms with Crippen LogP contribution in [0, 0.1) is 5.92 Å². The molecule has 20 heavy (non-hydrogen) atoms. The molecule has 1 aliphatic rings. The molecule has 1 aliphatic heterocycles. The largest absolute Gasteiger partial charge is 0.506 e. The van der Waals surface area contributed by atoms with E-state index in [9.17, 15) is 15.0 Å². The van der Waals surface area contributed by atoms with Crippen molar-refractivity contribution in [3.63, 3.8) is 0 Å². The molecule has 1 fully saturated rings. The van der Waals surface area contributed by atoms with E-state index in [4.69, 9.17) is 0 Å². The number of aromatic hydroxyl groups is 1. The van der Waals surface area contributed by atoms with Gasteiger partial charge in [-0.05, 0) is 43.4 Å². The molecule has 2 rings (SSSR count). The van der Waals surface area contributed by atoms with Crippen molar-refractivity contribution in [1.29, 1.82) is 0 Å². The maximum Gasteiger partial charge on any atom is 0.246 e. The molecule has 2 heterocycles. The molecule has 1 saturated heterocycles. The van der Waals surface area contributed by atoms with E-state index in [1.54, 1.807) is 23.2 Å². The maximum absolute atomic E-state index is 12.2. The van der Waals surface area contributed by atoms with Crippen LogP contribution in [0.25, 0.3) is 6.08 Å². The lowest BCUT2D eigenvalue weighted by Crippen LogP contribution is -2.45. The van der Waals surface area contributed by atoms with Gasteiger partial charge in [0.05, 0.1) is 6.20 Å². The fourth-order valence-electron chi connectivity index (χ4n) is 2.44. The number of aliphatic hydroxyl groups is 1. The van der Waals surface area contributed by atoms with Gasteiger partial charge in [-0.3, -0.25) is 9.78 Å². The summed E-state index contributed by atoms with van der Waals surface area (Å²) in [6, 6.07) is 1.74. The highest BCUT2D eigenvalue weighted by Crippen LogP contribution is 2.22. The maximum atomic E-state index is 12.2. The van der Waals surface area contributed by atoms with Crippen LogP contribution in [0.5, 0.6) is 5.75 Å². The number of rotatable bonds is 3. The molecule has 2 N–H and O–H groups in total. The molecule has 0 bridgehead atoms. The minimum Gasteiger partial charge on any atom is -0.506 e. The van der Waals surface area contributed by atoms with Crippen molar-refractivity contribution in [3.05, 3.63) is 30.1 Å². The van der Waals surface area contributed by atoms with Crippen LogP contribution in [0.2, 0.25) is 0 Å². The summed E-state index contributed by atoms with van der Waals surface area (Å²) in [5, 5.41) is 18.5. The average Bonchev–Trinajstić information content (AvgIpc) is 2.45. The quantitative estimate of drug-likeness (QED) is 0.819. The van der Waals surface area contributed by atoms with Crippen molar-refractivity contribution in [2.45, 2.75) is 25.8 Å². The summed E-state index contributed by atoms with van der Waals surface area (Å²) < 4.78 is 0. The minimum absolute atomic E-state index is 0.0704. The SMILES string of the molecule is CC1CCC(CO)CN1C(=O)/C=C/c1cncc(O)c1. The van der Waals surface area contributed by atoms with Crippen LogP contribution in [-0.2, 0) is 4.79 Å². The number of amides is 1. The highest BCUT2D eigenvalue weighted by atomic mass is 16.3. The number of hydrogen-bond donors (Lipinski definition) is 2. The molecule has 108 valence electrons. The van der Waals surface area contributed by atoms with E-state index in [1.807, 2.05) is 6.92 Å². The van der Waals surface area contributed by atoms with Crippen LogP contribution in [0.15, 0.2) is 24.5 Å². The normalized spacial score (nSPS) is 23.2. The molecule has 5 nitrogen and oxygen atoms in total. The van der Waals surface area contributed by atoms with E-state index < -0.39 is 0 Å². The topological polar surface area (TPSA) is 73.7 Å². The lowest BCUT2D eigenvalue weighted by atomic mass is 9.94.